The number of likely N-dealkylation sites (tertiary alicyclic amines) is 1. The molecule has 1 N–H and O–H groups in total. The maximum absolute atomic E-state index is 13.3. The van der Waals surface area contributed by atoms with Gasteiger partial charge in [-0.05, 0) is 31.5 Å². The Morgan fingerprint density at radius 3 is 2.58 bits per heavy atom. The zero-order chi connectivity index (χ0) is 23.3. The SMILES string of the molecule is COC(=O)CCCN1CC2(C1)CN(c1cccc3c1C(=O)N(C1CCC(=O)NC1=O)C3=O)C2. The van der Waals surface area contributed by atoms with Gasteiger partial charge in [-0.15, -0.1) is 0 Å². The number of hydrogen-bond acceptors (Lipinski definition) is 8. The van der Waals surface area contributed by atoms with Crippen LogP contribution >= 0.6 is 0 Å². The number of benzene rings is 1. The van der Waals surface area contributed by atoms with Crippen molar-refractivity contribution in [3.63, 3.8) is 0 Å². The van der Waals surface area contributed by atoms with Gasteiger partial charge in [0.1, 0.15) is 6.04 Å². The van der Waals surface area contributed by atoms with Crippen LogP contribution in [0.2, 0.25) is 0 Å². The van der Waals surface area contributed by atoms with Crippen LogP contribution in [0.5, 0.6) is 0 Å². The standard InChI is InChI=1S/C23H26N4O6/c1-33-18(29)6-3-9-25-10-23(11-25)12-26(13-23)15-5-2-4-14-19(15)22(32)27(21(14)31)16-7-8-17(28)24-20(16)30/h2,4-5,16H,3,6-13H2,1H3,(H,24,28,30). The average Bonchev–Trinajstić information content (AvgIpc) is 2.99. The van der Waals surface area contributed by atoms with Crippen molar-refractivity contribution in [2.75, 3.05) is 44.7 Å². The highest BCUT2D eigenvalue weighted by atomic mass is 16.5. The lowest BCUT2D eigenvalue weighted by atomic mass is 9.72. The Labute approximate surface area is 190 Å². The predicted octanol–water partition coefficient (Wildman–Crippen LogP) is 0.163. The summed E-state index contributed by atoms with van der Waals surface area (Å²) >= 11 is 0. The first-order chi connectivity index (χ1) is 15.8. The third kappa shape index (κ3) is 3.58. The van der Waals surface area contributed by atoms with E-state index in [2.05, 4.69) is 19.9 Å². The summed E-state index contributed by atoms with van der Waals surface area (Å²) < 4.78 is 4.67. The molecule has 0 aliphatic carbocycles. The maximum Gasteiger partial charge on any atom is 0.305 e. The molecule has 3 saturated heterocycles. The normalized spacial score (nSPS) is 23.8. The number of nitrogens with zero attached hydrogens (tertiary/aromatic N) is 3. The van der Waals surface area contributed by atoms with Crippen molar-refractivity contribution in [3.05, 3.63) is 29.3 Å². The molecule has 174 valence electrons. The molecule has 10 heteroatoms. The van der Waals surface area contributed by atoms with Crippen molar-refractivity contribution in [2.45, 2.75) is 31.7 Å². The Hall–Kier alpha value is -3.27. The largest absolute Gasteiger partial charge is 0.469 e. The van der Waals surface area contributed by atoms with E-state index >= 15 is 0 Å². The first kappa shape index (κ1) is 21.6. The minimum Gasteiger partial charge on any atom is -0.469 e. The van der Waals surface area contributed by atoms with E-state index in [1.165, 1.54) is 7.11 Å². The van der Waals surface area contributed by atoms with Gasteiger partial charge in [-0.25, -0.2) is 0 Å². The van der Waals surface area contributed by atoms with Gasteiger partial charge in [-0.1, -0.05) is 6.07 Å². The van der Waals surface area contributed by atoms with Crippen molar-refractivity contribution in [1.29, 1.82) is 0 Å². The van der Waals surface area contributed by atoms with E-state index in [-0.39, 0.29) is 30.1 Å². The molecule has 0 saturated carbocycles. The maximum atomic E-state index is 13.3. The summed E-state index contributed by atoms with van der Waals surface area (Å²) in [5, 5.41) is 2.22. The topological polar surface area (TPSA) is 116 Å². The van der Waals surface area contributed by atoms with Gasteiger partial charge in [0.2, 0.25) is 11.8 Å². The van der Waals surface area contributed by atoms with Gasteiger partial charge in [-0.3, -0.25) is 34.2 Å². The number of imide groups is 2. The van der Waals surface area contributed by atoms with Crippen molar-refractivity contribution in [3.8, 4) is 0 Å². The summed E-state index contributed by atoms with van der Waals surface area (Å²) in [6, 6.07) is 4.26. The molecule has 1 spiro atoms. The van der Waals surface area contributed by atoms with Crippen molar-refractivity contribution >= 4 is 35.3 Å². The fourth-order valence-electron chi connectivity index (χ4n) is 5.50. The number of hydrogen-bond donors (Lipinski definition) is 1. The molecule has 33 heavy (non-hydrogen) atoms. The lowest BCUT2D eigenvalue weighted by Crippen LogP contribution is -2.72. The van der Waals surface area contributed by atoms with Gasteiger partial charge in [0.25, 0.3) is 11.8 Å². The Morgan fingerprint density at radius 1 is 1.12 bits per heavy atom. The molecule has 0 bridgehead atoms. The van der Waals surface area contributed by atoms with Crippen LogP contribution in [0.4, 0.5) is 5.69 Å². The third-order valence-corrected chi connectivity index (χ3v) is 7.04. The molecular formula is C23H26N4O6. The Kier molecular flexibility index (Phi) is 5.19. The van der Waals surface area contributed by atoms with E-state index in [1.807, 2.05) is 6.07 Å². The minimum absolute atomic E-state index is 0.0987. The number of nitrogens with one attached hydrogen (secondary N) is 1. The molecule has 1 aromatic rings. The van der Waals surface area contributed by atoms with E-state index in [0.29, 0.717) is 17.5 Å². The molecule has 4 aliphatic heterocycles. The third-order valence-electron chi connectivity index (χ3n) is 7.04. The second-order valence-electron chi connectivity index (χ2n) is 9.39. The zero-order valence-electron chi connectivity index (χ0n) is 18.5. The summed E-state index contributed by atoms with van der Waals surface area (Å²) in [6.07, 6.45) is 1.43. The van der Waals surface area contributed by atoms with Crippen LogP contribution in [0, 0.1) is 5.41 Å². The lowest BCUT2D eigenvalue weighted by molar-refractivity contribution is -0.141. The highest BCUT2D eigenvalue weighted by Gasteiger charge is 2.53. The molecule has 4 aliphatic rings. The number of amides is 4. The van der Waals surface area contributed by atoms with Gasteiger partial charge in [-0.2, -0.15) is 0 Å². The fourth-order valence-corrected chi connectivity index (χ4v) is 5.50. The number of fused-ring (bicyclic) bond motifs is 1. The number of esters is 1. The molecule has 0 radical (unpaired) electrons. The van der Waals surface area contributed by atoms with Gasteiger partial charge in [0, 0.05) is 44.4 Å². The van der Waals surface area contributed by atoms with Crippen molar-refractivity contribution in [1.82, 2.24) is 15.1 Å². The molecule has 1 aromatic carbocycles. The van der Waals surface area contributed by atoms with Crippen LogP contribution < -0.4 is 10.2 Å². The highest BCUT2D eigenvalue weighted by molar-refractivity contribution is 6.25. The van der Waals surface area contributed by atoms with Gasteiger partial charge in [0.15, 0.2) is 0 Å². The van der Waals surface area contributed by atoms with Gasteiger partial charge in [0.05, 0.1) is 23.9 Å². The fraction of sp³-hybridized carbons (Fsp3) is 0.522. The molecule has 10 nitrogen and oxygen atoms in total. The molecular weight excluding hydrogens is 428 g/mol. The number of anilines is 1. The van der Waals surface area contributed by atoms with E-state index in [9.17, 15) is 24.0 Å². The van der Waals surface area contributed by atoms with E-state index < -0.39 is 23.8 Å². The smallest absolute Gasteiger partial charge is 0.305 e. The number of carbonyl (C=O) groups excluding carboxylic acids is 5. The summed E-state index contributed by atoms with van der Waals surface area (Å²) in [5.41, 5.74) is 1.54. The van der Waals surface area contributed by atoms with Crippen LogP contribution in [0.25, 0.3) is 0 Å². The number of methoxy groups -OCH3 is 1. The molecule has 0 aromatic heterocycles. The number of carbonyl (C=O) groups is 5. The van der Waals surface area contributed by atoms with Crippen molar-refractivity contribution in [2.24, 2.45) is 5.41 Å². The molecule has 1 unspecified atom stereocenters. The molecule has 5 rings (SSSR count). The number of ether oxygens (including phenoxy) is 1. The Bertz CT molecular complexity index is 1060. The summed E-state index contributed by atoms with van der Waals surface area (Å²) in [7, 11) is 1.40. The number of piperidine rings is 1. The van der Waals surface area contributed by atoms with Crippen LogP contribution in [-0.2, 0) is 19.1 Å². The molecule has 4 heterocycles. The van der Waals surface area contributed by atoms with Crippen LogP contribution in [0.3, 0.4) is 0 Å². The summed E-state index contributed by atoms with van der Waals surface area (Å²) in [6.45, 7) is 4.31. The first-order valence-corrected chi connectivity index (χ1v) is 11.2. The van der Waals surface area contributed by atoms with Gasteiger partial charge < -0.3 is 14.5 Å². The summed E-state index contributed by atoms with van der Waals surface area (Å²) in [4.78, 5) is 66.7. The predicted molar refractivity (Wildman–Crippen MR) is 115 cm³/mol. The number of rotatable bonds is 6. The average molecular weight is 454 g/mol. The first-order valence-electron chi connectivity index (χ1n) is 11.2. The van der Waals surface area contributed by atoms with E-state index in [4.69, 9.17) is 0 Å². The van der Waals surface area contributed by atoms with Crippen LogP contribution in [-0.4, -0.2) is 85.3 Å². The minimum atomic E-state index is -0.962. The second kappa shape index (κ2) is 7.95. The van der Waals surface area contributed by atoms with Gasteiger partial charge >= 0.3 is 5.97 Å². The second-order valence-corrected chi connectivity index (χ2v) is 9.39. The molecule has 4 amide bonds. The van der Waals surface area contributed by atoms with Crippen molar-refractivity contribution < 1.29 is 28.7 Å². The zero-order valence-corrected chi connectivity index (χ0v) is 18.5. The van der Waals surface area contributed by atoms with E-state index in [0.717, 1.165) is 49.7 Å². The highest BCUT2D eigenvalue weighted by Crippen LogP contribution is 2.44. The Balaban J connectivity index is 1.24. The quantitative estimate of drug-likeness (QED) is 0.478. The molecule has 3 fully saturated rings. The van der Waals surface area contributed by atoms with Crippen LogP contribution in [0.1, 0.15) is 46.4 Å². The van der Waals surface area contributed by atoms with E-state index in [1.54, 1.807) is 12.1 Å². The summed E-state index contributed by atoms with van der Waals surface area (Å²) in [5.74, 6) is -2.14. The monoisotopic (exact) mass is 454 g/mol. The Morgan fingerprint density at radius 2 is 1.88 bits per heavy atom. The van der Waals surface area contributed by atoms with Crippen LogP contribution in [0.15, 0.2) is 18.2 Å². The molecule has 1 atom stereocenters. The lowest BCUT2D eigenvalue weighted by Gasteiger charge is -2.61.